The van der Waals surface area contributed by atoms with E-state index in [1.54, 1.807) is 44.2 Å². The Morgan fingerprint density at radius 1 is 0.939 bits per heavy atom. The summed E-state index contributed by atoms with van der Waals surface area (Å²) in [5, 5.41) is 26.9. The maximum atomic E-state index is 12.6. The van der Waals surface area contributed by atoms with E-state index in [9.17, 15) is 24.3 Å². The van der Waals surface area contributed by atoms with Crippen LogP contribution in [0.3, 0.4) is 0 Å². The molecule has 1 heterocycles. The minimum absolute atomic E-state index is 0.167. The predicted octanol–water partition coefficient (Wildman–Crippen LogP) is 3.75. The molecule has 1 unspecified atom stereocenters. The zero-order chi connectivity index (χ0) is 24.1. The van der Waals surface area contributed by atoms with Crippen molar-refractivity contribution in [2.24, 2.45) is 0 Å². The van der Waals surface area contributed by atoms with Crippen molar-refractivity contribution in [1.29, 1.82) is 0 Å². The van der Waals surface area contributed by atoms with Crippen LogP contribution in [0.1, 0.15) is 43.8 Å². The number of nitrogens with zero attached hydrogens (tertiary/aromatic N) is 1. The van der Waals surface area contributed by atoms with Crippen LogP contribution in [0.4, 0.5) is 11.5 Å². The highest BCUT2D eigenvalue weighted by Gasteiger charge is 2.20. The van der Waals surface area contributed by atoms with Gasteiger partial charge in [-0.3, -0.25) is 9.59 Å². The molecule has 0 saturated heterocycles. The molecule has 0 aliphatic rings. The second-order valence-corrected chi connectivity index (χ2v) is 8.34. The van der Waals surface area contributed by atoms with Crippen LogP contribution >= 0.6 is 11.8 Å². The molecular weight excluding hydrogens is 450 g/mol. The molecule has 4 N–H and O–H groups in total. The summed E-state index contributed by atoms with van der Waals surface area (Å²) in [6.07, 6.45) is 0. The summed E-state index contributed by atoms with van der Waals surface area (Å²) in [7, 11) is 0. The van der Waals surface area contributed by atoms with E-state index in [1.165, 1.54) is 11.8 Å². The Hall–Kier alpha value is -4.12. The summed E-state index contributed by atoms with van der Waals surface area (Å²) in [5.41, 5.74) is -0.415. The molecule has 3 aromatic rings. The Balaban J connectivity index is 1.64. The average molecular weight is 469 g/mol. The SMILES string of the molecule is Cc1cc(NC(=O)C(C)Sc2ccc(NC(=O)c3ccc(C(=O)O)cc3C(=O)O)cc2)no1. The summed E-state index contributed by atoms with van der Waals surface area (Å²) in [5.74, 6) is -2.74. The lowest BCUT2D eigenvalue weighted by Gasteiger charge is -2.12. The molecule has 1 aromatic heterocycles. The molecule has 0 bridgehead atoms. The number of aromatic carboxylic acids is 2. The molecule has 3 rings (SSSR count). The number of aromatic nitrogens is 1. The summed E-state index contributed by atoms with van der Waals surface area (Å²) >= 11 is 1.30. The number of benzene rings is 2. The lowest BCUT2D eigenvalue weighted by molar-refractivity contribution is -0.115. The molecule has 33 heavy (non-hydrogen) atoms. The van der Waals surface area contributed by atoms with Gasteiger partial charge < -0.3 is 25.4 Å². The molecule has 2 amide bonds. The monoisotopic (exact) mass is 469 g/mol. The Morgan fingerprint density at radius 2 is 1.64 bits per heavy atom. The molecule has 0 aliphatic carbocycles. The third-order valence-corrected chi connectivity index (χ3v) is 5.53. The highest BCUT2D eigenvalue weighted by atomic mass is 32.2. The Kier molecular flexibility index (Phi) is 7.13. The van der Waals surface area contributed by atoms with Crippen LogP contribution in [0, 0.1) is 6.92 Å². The molecule has 0 saturated carbocycles. The third kappa shape index (κ3) is 5.98. The molecule has 1 atom stereocenters. The number of hydrogen-bond acceptors (Lipinski definition) is 7. The van der Waals surface area contributed by atoms with E-state index >= 15 is 0 Å². The fourth-order valence-electron chi connectivity index (χ4n) is 2.78. The average Bonchev–Trinajstić information content (AvgIpc) is 3.18. The van der Waals surface area contributed by atoms with Crippen LogP contribution in [0.25, 0.3) is 0 Å². The van der Waals surface area contributed by atoms with Gasteiger partial charge in [0, 0.05) is 16.6 Å². The van der Waals surface area contributed by atoms with Crippen LogP contribution in [0.5, 0.6) is 0 Å². The van der Waals surface area contributed by atoms with Crippen molar-refractivity contribution in [3.8, 4) is 0 Å². The van der Waals surface area contributed by atoms with Crippen molar-refractivity contribution in [2.75, 3.05) is 10.6 Å². The molecule has 10 nitrogen and oxygen atoms in total. The number of carboxylic acid groups (broad SMARTS) is 2. The summed E-state index contributed by atoms with van der Waals surface area (Å²) in [6, 6.07) is 11.5. The highest BCUT2D eigenvalue weighted by Crippen LogP contribution is 2.26. The van der Waals surface area contributed by atoms with E-state index < -0.39 is 28.7 Å². The van der Waals surface area contributed by atoms with Gasteiger partial charge in [-0.1, -0.05) is 5.16 Å². The van der Waals surface area contributed by atoms with Crippen LogP contribution in [0.2, 0.25) is 0 Å². The van der Waals surface area contributed by atoms with E-state index in [0.29, 0.717) is 17.3 Å². The predicted molar refractivity (Wildman–Crippen MR) is 120 cm³/mol. The number of anilines is 2. The summed E-state index contributed by atoms with van der Waals surface area (Å²) in [6.45, 7) is 3.45. The normalized spacial score (nSPS) is 11.5. The minimum Gasteiger partial charge on any atom is -0.478 e. The van der Waals surface area contributed by atoms with Crippen LogP contribution in [0.15, 0.2) is 57.9 Å². The van der Waals surface area contributed by atoms with Gasteiger partial charge >= 0.3 is 11.9 Å². The quantitative estimate of drug-likeness (QED) is 0.360. The first-order valence-corrected chi connectivity index (χ1v) is 10.4. The number of amides is 2. The van der Waals surface area contributed by atoms with Gasteiger partial charge in [-0.25, -0.2) is 9.59 Å². The standard InChI is InChI=1S/C22H19N3O7S/c1-11-9-18(25-32-11)24-19(26)12(2)33-15-6-4-14(5-7-15)23-20(27)16-8-3-13(21(28)29)10-17(16)22(30)31/h3-10,12H,1-2H3,(H,23,27)(H,28,29)(H,30,31)(H,24,25,26). The van der Waals surface area contributed by atoms with E-state index in [2.05, 4.69) is 15.8 Å². The maximum Gasteiger partial charge on any atom is 0.336 e. The van der Waals surface area contributed by atoms with Gasteiger partial charge in [0.2, 0.25) is 5.91 Å². The van der Waals surface area contributed by atoms with Gasteiger partial charge in [-0.05, 0) is 56.3 Å². The first-order valence-electron chi connectivity index (χ1n) is 9.57. The zero-order valence-electron chi connectivity index (χ0n) is 17.5. The van der Waals surface area contributed by atoms with E-state index in [0.717, 1.165) is 23.1 Å². The highest BCUT2D eigenvalue weighted by molar-refractivity contribution is 8.00. The largest absolute Gasteiger partial charge is 0.478 e. The summed E-state index contributed by atoms with van der Waals surface area (Å²) < 4.78 is 4.91. The van der Waals surface area contributed by atoms with E-state index in [4.69, 9.17) is 9.63 Å². The third-order valence-electron chi connectivity index (χ3n) is 4.42. The first kappa shape index (κ1) is 23.5. The Labute approximate surface area is 192 Å². The molecule has 0 aliphatic heterocycles. The molecule has 11 heteroatoms. The summed E-state index contributed by atoms with van der Waals surface area (Å²) in [4.78, 5) is 48.1. The van der Waals surface area contributed by atoms with Gasteiger partial charge in [-0.15, -0.1) is 11.8 Å². The van der Waals surface area contributed by atoms with Gasteiger partial charge in [0.1, 0.15) is 5.76 Å². The van der Waals surface area contributed by atoms with Crippen LogP contribution in [-0.2, 0) is 4.79 Å². The van der Waals surface area contributed by atoms with Crippen molar-refractivity contribution in [3.05, 3.63) is 71.0 Å². The molecule has 2 aromatic carbocycles. The van der Waals surface area contributed by atoms with Gasteiger partial charge in [0.15, 0.2) is 5.82 Å². The number of nitrogens with one attached hydrogen (secondary N) is 2. The number of thioether (sulfide) groups is 1. The second kappa shape index (κ2) is 10.0. The van der Waals surface area contributed by atoms with Crippen LogP contribution in [-0.4, -0.2) is 44.4 Å². The van der Waals surface area contributed by atoms with Crippen molar-refractivity contribution < 1.29 is 33.9 Å². The number of hydrogen-bond donors (Lipinski definition) is 4. The fourth-order valence-corrected chi connectivity index (χ4v) is 3.65. The van der Waals surface area contributed by atoms with Crippen LogP contribution < -0.4 is 10.6 Å². The second-order valence-electron chi connectivity index (χ2n) is 6.92. The lowest BCUT2D eigenvalue weighted by atomic mass is 10.0. The van der Waals surface area contributed by atoms with Crippen molar-refractivity contribution in [3.63, 3.8) is 0 Å². The van der Waals surface area contributed by atoms with E-state index in [1.807, 2.05) is 0 Å². The number of aryl methyl sites for hydroxylation is 1. The fraction of sp³-hybridized carbons (Fsp3) is 0.136. The minimum atomic E-state index is -1.41. The molecule has 0 spiro atoms. The first-order chi connectivity index (χ1) is 15.6. The van der Waals surface area contributed by atoms with Gasteiger partial charge in [-0.2, -0.15) is 0 Å². The van der Waals surface area contributed by atoms with Crippen molar-refractivity contribution >= 4 is 47.0 Å². The molecular formula is C22H19N3O7S. The lowest BCUT2D eigenvalue weighted by Crippen LogP contribution is -2.22. The molecule has 0 radical (unpaired) electrons. The molecule has 0 fully saturated rings. The number of carbonyl (C=O) groups excluding carboxylic acids is 2. The van der Waals surface area contributed by atoms with Crippen molar-refractivity contribution in [2.45, 2.75) is 24.0 Å². The topological polar surface area (TPSA) is 159 Å². The Morgan fingerprint density at radius 3 is 2.21 bits per heavy atom. The smallest absolute Gasteiger partial charge is 0.336 e. The van der Waals surface area contributed by atoms with Gasteiger partial charge in [0.05, 0.1) is 21.9 Å². The zero-order valence-corrected chi connectivity index (χ0v) is 18.3. The number of carboxylic acids is 2. The van der Waals surface area contributed by atoms with Crippen molar-refractivity contribution in [1.82, 2.24) is 5.16 Å². The number of rotatable bonds is 8. The maximum absolute atomic E-state index is 12.6. The Bertz CT molecular complexity index is 1220. The van der Waals surface area contributed by atoms with E-state index in [-0.39, 0.29) is 17.0 Å². The van der Waals surface area contributed by atoms with Gasteiger partial charge in [0.25, 0.3) is 5.91 Å². The molecule has 170 valence electrons. The number of carbonyl (C=O) groups is 4.